The van der Waals surface area contributed by atoms with Crippen molar-refractivity contribution in [3.8, 4) is 5.75 Å². The van der Waals surface area contributed by atoms with Gasteiger partial charge in [-0.3, -0.25) is 0 Å². The predicted molar refractivity (Wildman–Crippen MR) is 88.9 cm³/mol. The Balaban J connectivity index is 2.79. The number of carboxylic acids is 1. The van der Waals surface area contributed by atoms with Crippen molar-refractivity contribution in [1.82, 2.24) is 0 Å². The summed E-state index contributed by atoms with van der Waals surface area (Å²) in [5, 5.41) is 9.68. The molecular formula is C17H23BrO4. The molecule has 0 saturated carbocycles. The van der Waals surface area contributed by atoms with Crippen molar-refractivity contribution in [2.24, 2.45) is 0 Å². The summed E-state index contributed by atoms with van der Waals surface area (Å²) in [6.07, 6.45) is 1.95. The highest BCUT2D eigenvalue weighted by Gasteiger charge is 2.42. The third-order valence-corrected chi connectivity index (χ3v) is 5.31. The summed E-state index contributed by atoms with van der Waals surface area (Å²) in [6.45, 7) is 8.60. The zero-order valence-corrected chi connectivity index (χ0v) is 15.3. The molecule has 0 saturated heterocycles. The Bertz CT molecular complexity index is 605. The summed E-state index contributed by atoms with van der Waals surface area (Å²) in [5.74, 6) is -0.402. The second kappa shape index (κ2) is 5.85. The van der Waals surface area contributed by atoms with Gasteiger partial charge in [0.15, 0.2) is 6.79 Å². The van der Waals surface area contributed by atoms with Crippen LogP contribution in [-0.4, -0.2) is 25.0 Å². The van der Waals surface area contributed by atoms with Gasteiger partial charge in [-0.25, -0.2) is 4.79 Å². The lowest BCUT2D eigenvalue weighted by atomic mass is 9.62. The zero-order chi connectivity index (χ0) is 16.7. The summed E-state index contributed by atoms with van der Waals surface area (Å²) in [6, 6.07) is 1.60. The minimum Gasteiger partial charge on any atom is -0.478 e. The van der Waals surface area contributed by atoms with Crippen molar-refractivity contribution in [2.75, 3.05) is 13.9 Å². The van der Waals surface area contributed by atoms with Crippen LogP contribution in [0.3, 0.4) is 0 Å². The smallest absolute Gasteiger partial charge is 0.336 e. The largest absolute Gasteiger partial charge is 0.478 e. The Labute approximate surface area is 139 Å². The van der Waals surface area contributed by atoms with E-state index in [0.717, 1.165) is 28.4 Å². The number of halogens is 1. The number of hydrogen-bond donors (Lipinski definition) is 1. The molecule has 1 N–H and O–H groups in total. The molecule has 0 fully saturated rings. The van der Waals surface area contributed by atoms with Gasteiger partial charge in [0, 0.05) is 7.11 Å². The van der Waals surface area contributed by atoms with Crippen LogP contribution >= 0.6 is 15.9 Å². The second-order valence-corrected chi connectivity index (χ2v) is 7.90. The van der Waals surface area contributed by atoms with Gasteiger partial charge in [-0.05, 0) is 56.8 Å². The first-order chi connectivity index (χ1) is 10.1. The Hall–Kier alpha value is -1.07. The van der Waals surface area contributed by atoms with E-state index in [1.807, 2.05) is 0 Å². The van der Waals surface area contributed by atoms with Gasteiger partial charge in [-0.1, -0.05) is 27.7 Å². The fourth-order valence-corrected chi connectivity index (χ4v) is 4.21. The van der Waals surface area contributed by atoms with Crippen LogP contribution in [0.5, 0.6) is 5.75 Å². The van der Waals surface area contributed by atoms with Gasteiger partial charge in [0.1, 0.15) is 5.75 Å². The molecule has 0 radical (unpaired) electrons. The SMILES string of the molecule is COCOc1cc(C(=O)O)c2c(c1Br)C(C)(C)CCC2(C)C. The summed E-state index contributed by atoms with van der Waals surface area (Å²) in [7, 11) is 1.54. The van der Waals surface area contributed by atoms with E-state index in [4.69, 9.17) is 9.47 Å². The average molecular weight is 371 g/mol. The van der Waals surface area contributed by atoms with Gasteiger partial charge in [-0.2, -0.15) is 0 Å². The van der Waals surface area contributed by atoms with Crippen LogP contribution in [0.1, 0.15) is 62.0 Å². The molecule has 122 valence electrons. The molecule has 1 aliphatic carbocycles. The summed E-state index contributed by atoms with van der Waals surface area (Å²) >= 11 is 3.63. The Morgan fingerprint density at radius 3 is 2.27 bits per heavy atom. The normalized spacial score (nSPS) is 18.6. The molecule has 0 bridgehead atoms. The highest BCUT2D eigenvalue weighted by molar-refractivity contribution is 9.10. The highest BCUT2D eigenvalue weighted by Crippen LogP contribution is 2.52. The topological polar surface area (TPSA) is 55.8 Å². The molecule has 22 heavy (non-hydrogen) atoms. The van der Waals surface area contributed by atoms with E-state index in [2.05, 4.69) is 43.6 Å². The number of carboxylic acid groups (broad SMARTS) is 1. The van der Waals surface area contributed by atoms with Crippen molar-refractivity contribution in [3.63, 3.8) is 0 Å². The van der Waals surface area contributed by atoms with Crippen LogP contribution in [0.25, 0.3) is 0 Å². The summed E-state index contributed by atoms with van der Waals surface area (Å²) < 4.78 is 11.4. The van der Waals surface area contributed by atoms with Gasteiger partial charge >= 0.3 is 5.97 Å². The molecule has 0 heterocycles. The van der Waals surface area contributed by atoms with Gasteiger partial charge in [0.05, 0.1) is 10.0 Å². The molecule has 0 unspecified atom stereocenters. The first kappa shape index (κ1) is 17.3. The number of aromatic carboxylic acids is 1. The van der Waals surface area contributed by atoms with Crippen molar-refractivity contribution in [3.05, 3.63) is 27.2 Å². The first-order valence-corrected chi connectivity index (χ1v) is 8.13. The minimum atomic E-state index is -0.920. The predicted octanol–water partition coefficient (Wildman–Crippen LogP) is 4.48. The number of hydrogen-bond acceptors (Lipinski definition) is 3. The van der Waals surface area contributed by atoms with Gasteiger partial charge in [-0.15, -0.1) is 0 Å². The minimum absolute atomic E-state index is 0.0836. The van der Waals surface area contributed by atoms with E-state index in [1.165, 1.54) is 7.11 Å². The molecule has 0 atom stereocenters. The standard InChI is InChI=1S/C17H23BrO4/c1-16(2)6-7-17(3,4)13-12(16)10(15(19)20)8-11(14(13)18)22-9-21-5/h8H,6-7,9H2,1-5H3,(H,19,20). The summed E-state index contributed by atoms with van der Waals surface area (Å²) in [4.78, 5) is 11.8. The number of benzene rings is 1. The third-order valence-electron chi connectivity index (χ3n) is 4.52. The lowest BCUT2D eigenvalue weighted by Crippen LogP contribution is -2.36. The fraction of sp³-hybridized carbons (Fsp3) is 0.588. The maximum Gasteiger partial charge on any atom is 0.336 e. The van der Waals surface area contributed by atoms with Crippen molar-refractivity contribution in [2.45, 2.75) is 51.4 Å². The monoisotopic (exact) mass is 370 g/mol. The molecule has 5 heteroatoms. The van der Waals surface area contributed by atoms with E-state index in [1.54, 1.807) is 6.07 Å². The van der Waals surface area contributed by atoms with Gasteiger partial charge < -0.3 is 14.6 Å². The Kier molecular flexibility index (Phi) is 4.60. The van der Waals surface area contributed by atoms with Crippen LogP contribution < -0.4 is 4.74 Å². The maximum absolute atomic E-state index is 11.8. The lowest BCUT2D eigenvalue weighted by Gasteiger charge is -2.43. The van der Waals surface area contributed by atoms with E-state index >= 15 is 0 Å². The average Bonchev–Trinajstić information content (AvgIpc) is 2.42. The van der Waals surface area contributed by atoms with E-state index < -0.39 is 5.97 Å². The molecule has 1 aliphatic rings. The fourth-order valence-electron chi connectivity index (χ4n) is 3.24. The number of rotatable bonds is 4. The number of ether oxygens (including phenoxy) is 2. The molecule has 0 aromatic heterocycles. The molecule has 4 nitrogen and oxygen atoms in total. The van der Waals surface area contributed by atoms with Crippen LogP contribution in [-0.2, 0) is 15.6 Å². The molecule has 0 amide bonds. The lowest BCUT2D eigenvalue weighted by molar-refractivity contribution is 0.0499. The van der Waals surface area contributed by atoms with Crippen molar-refractivity contribution in [1.29, 1.82) is 0 Å². The van der Waals surface area contributed by atoms with Gasteiger partial charge in [0.2, 0.25) is 0 Å². The molecular weight excluding hydrogens is 348 g/mol. The quantitative estimate of drug-likeness (QED) is 0.793. The number of fused-ring (bicyclic) bond motifs is 1. The first-order valence-electron chi connectivity index (χ1n) is 7.34. The molecule has 1 aromatic carbocycles. The second-order valence-electron chi connectivity index (χ2n) is 7.11. The van der Waals surface area contributed by atoms with Crippen LogP contribution in [0, 0.1) is 0 Å². The Morgan fingerprint density at radius 1 is 1.23 bits per heavy atom. The van der Waals surface area contributed by atoms with Crippen LogP contribution in [0.4, 0.5) is 0 Å². The summed E-state index contributed by atoms with van der Waals surface area (Å²) in [5.41, 5.74) is 1.98. The molecule has 0 aliphatic heterocycles. The van der Waals surface area contributed by atoms with Gasteiger partial charge in [0.25, 0.3) is 0 Å². The van der Waals surface area contributed by atoms with E-state index in [0.29, 0.717) is 11.3 Å². The third kappa shape index (κ3) is 2.88. The highest BCUT2D eigenvalue weighted by atomic mass is 79.9. The maximum atomic E-state index is 11.8. The van der Waals surface area contributed by atoms with Crippen LogP contribution in [0.2, 0.25) is 0 Å². The van der Waals surface area contributed by atoms with E-state index in [9.17, 15) is 9.90 Å². The molecule has 0 spiro atoms. The van der Waals surface area contributed by atoms with Crippen LogP contribution in [0.15, 0.2) is 10.5 Å². The number of carbonyl (C=O) groups is 1. The van der Waals surface area contributed by atoms with Crippen molar-refractivity contribution < 1.29 is 19.4 Å². The zero-order valence-electron chi connectivity index (χ0n) is 13.7. The Morgan fingerprint density at radius 2 is 1.77 bits per heavy atom. The van der Waals surface area contributed by atoms with E-state index in [-0.39, 0.29) is 17.6 Å². The molecule has 1 aromatic rings. The van der Waals surface area contributed by atoms with Crippen molar-refractivity contribution >= 4 is 21.9 Å². The number of methoxy groups -OCH3 is 1. The molecule has 2 rings (SSSR count).